The monoisotopic (exact) mass is 370 g/mol. The number of aryl methyl sites for hydroxylation is 2. The molecule has 0 aliphatic rings. The first-order valence-electron chi connectivity index (χ1n) is 8.25. The van der Waals surface area contributed by atoms with E-state index in [4.69, 9.17) is 16.3 Å². The number of fused-ring (bicyclic) bond motifs is 1. The molecule has 5 nitrogen and oxygen atoms in total. The van der Waals surface area contributed by atoms with E-state index in [1.165, 1.54) is 7.11 Å². The highest BCUT2D eigenvalue weighted by molar-refractivity contribution is 6.31. The van der Waals surface area contributed by atoms with E-state index in [-0.39, 0.29) is 5.91 Å². The van der Waals surface area contributed by atoms with Gasteiger partial charge in [0.2, 0.25) is 0 Å². The molecule has 0 unspecified atom stereocenters. The number of benzene rings is 2. The minimum Gasteiger partial charge on any atom is -0.465 e. The minimum absolute atomic E-state index is 0.284. The average molecular weight is 371 g/mol. The number of nitrogens with one attached hydrogen (secondary N) is 1. The molecule has 0 aliphatic heterocycles. The molecule has 0 fully saturated rings. The number of amides is 1. The number of carbonyl (C=O) groups excluding carboxylic acids is 2. The number of ether oxygens (including phenoxy) is 1. The Balaban J connectivity index is 2.07. The summed E-state index contributed by atoms with van der Waals surface area (Å²) in [6.07, 6.45) is 0. The van der Waals surface area contributed by atoms with Gasteiger partial charge in [-0.15, -0.1) is 0 Å². The van der Waals surface area contributed by atoms with Gasteiger partial charge in [-0.05, 0) is 49.7 Å². The summed E-state index contributed by atoms with van der Waals surface area (Å²) in [6, 6.07) is 12.3. The molecule has 2 aromatic carbocycles. The number of hydrogen-bond acceptors (Lipinski definition) is 3. The molecule has 0 saturated carbocycles. The molecular weight excluding hydrogens is 352 g/mol. The molecule has 1 aromatic heterocycles. The van der Waals surface area contributed by atoms with Crippen LogP contribution in [0, 0.1) is 6.92 Å². The van der Waals surface area contributed by atoms with Gasteiger partial charge in [-0.2, -0.15) is 0 Å². The molecule has 0 saturated heterocycles. The Morgan fingerprint density at radius 1 is 1.19 bits per heavy atom. The molecule has 26 heavy (non-hydrogen) atoms. The standard InChI is InChI=1S/C20H19ClN2O3/c1-4-23-17-10-9-13(21)11-15(17)12(2)18(23)19(24)22-16-8-6-5-7-14(16)20(25)26-3/h5-11H,4H2,1-3H3,(H,22,24). The fraction of sp³-hybridized carbons (Fsp3) is 0.200. The molecule has 1 amide bonds. The Morgan fingerprint density at radius 3 is 2.62 bits per heavy atom. The van der Waals surface area contributed by atoms with Gasteiger partial charge in [-0.3, -0.25) is 4.79 Å². The molecule has 0 aliphatic carbocycles. The quantitative estimate of drug-likeness (QED) is 0.679. The van der Waals surface area contributed by atoms with Crippen LogP contribution in [0.2, 0.25) is 5.02 Å². The maximum atomic E-state index is 13.0. The first-order valence-corrected chi connectivity index (χ1v) is 8.62. The molecule has 134 valence electrons. The minimum atomic E-state index is -0.500. The van der Waals surface area contributed by atoms with Crippen molar-refractivity contribution in [3.05, 3.63) is 64.3 Å². The van der Waals surface area contributed by atoms with Crippen molar-refractivity contribution in [2.75, 3.05) is 12.4 Å². The van der Waals surface area contributed by atoms with E-state index < -0.39 is 5.97 Å². The number of rotatable bonds is 4. The zero-order chi connectivity index (χ0) is 18.8. The Bertz CT molecular complexity index is 1010. The van der Waals surface area contributed by atoms with E-state index in [2.05, 4.69) is 5.32 Å². The lowest BCUT2D eigenvalue weighted by molar-refractivity contribution is 0.0602. The summed E-state index contributed by atoms with van der Waals surface area (Å²) in [6.45, 7) is 4.51. The highest BCUT2D eigenvalue weighted by Gasteiger charge is 2.21. The second kappa shape index (κ2) is 7.22. The first-order chi connectivity index (χ1) is 12.5. The lowest BCUT2D eigenvalue weighted by atomic mass is 10.1. The van der Waals surface area contributed by atoms with Crippen molar-refractivity contribution in [1.82, 2.24) is 4.57 Å². The smallest absolute Gasteiger partial charge is 0.339 e. The van der Waals surface area contributed by atoms with Gasteiger partial charge in [0.15, 0.2) is 0 Å². The molecule has 0 spiro atoms. The lowest BCUT2D eigenvalue weighted by Crippen LogP contribution is -2.19. The van der Waals surface area contributed by atoms with Gasteiger partial charge in [0.25, 0.3) is 5.91 Å². The Morgan fingerprint density at radius 2 is 1.92 bits per heavy atom. The molecular formula is C20H19ClN2O3. The fourth-order valence-corrected chi connectivity index (χ4v) is 3.35. The number of nitrogens with zero attached hydrogens (tertiary/aromatic N) is 1. The van der Waals surface area contributed by atoms with Gasteiger partial charge >= 0.3 is 5.97 Å². The fourth-order valence-electron chi connectivity index (χ4n) is 3.18. The zero-order valence-corrected chi connectivity index (χ0v) is 15.6. The molecule has 3 rings (SSSR count). The van der Waals surface area contributed by atoms with Crippen LogP contribution in [0.4, 0.5) is 5.69 Å². The molecule has 1 N–H and O–H groups in total. The van der Waals surface area contributed by atoms with Crippen molar-refractivity contribution in [2.24, 2.45) is 0 Å². The molecule has 0 radical (unpaired) electrons. The van der Waals surface area contributed by atoms with E-state index in [1.54, 1.807) is 24.3 Å². The second-order valence-corrected chi connectivity index (χ2v) is 6.31. The Labute approximate surface area is 156 Å². The van der Waals surface area contributed by atoms with Gasteiger partial charge in [0.05, 0.1) is 18.4 Å². The van der Waals surface area contributed by atoms with Crippen molar-refractivity contribution in [3.63, 3.8) is 0 Å². The third-order valence-electron chi connectivity index (χ3n) is 4.39. The van der Waals surface area contributed by atoms with E-state index in [0.717, 1.165) is 16.5 Å². The SMILES string of the molecule is CCn1c(C(=O)Nc2ccccc2C(=O)OC)c(C)c2cc(Cl)ccc21. The summed E-state index contributed by atoms with van der Waals surface area (Å²) < 4.78 is 6.73. The Kier molecular flexibility index (Phi) is 5.00. The number of carbonyl (C=O) groups is 2. The van der Waals surface area contributed by atoms with Crippen molar-refractivity contribution in [1.29, 1.82) is 0 Å². The van der Waals surface area contributed by atoms with Crippen molar-refractivity contribution in [2.45, 2.75) is 20.4 Å². The third-order valence-corrected chi connectivity index (χ3v) is 4.63. The third kappa shape index (κ3) is 3.06. The summed E-state index contributed by atoms with van der Waals surface area (Å²) in [4.78, 5) is 24.9. The molecule has 3 aromatic rings. The summed E-state index contributed by atoms with van der Waals surface area (Å²) >= 11 is 6.12. The van der Waals surface area contributed by atoms with Crippen LogP contribution >= 0.6 is 11.6 Å². The van der Waals surface area contributed by atoms with Crippen LogP contribution in [0.5, 0.6) is 0 Å². The first kappa shape index (κ1) is 18.0. The van der Waals surface area contributed by atoms with Crippen LogP contribution in [-0.4, -0.2) is 23.6 Å². The summed E-state index contributed by atoms with van der Waals surface area (Å²) in [7, 11) is 1.31. The number of esters is 1. The van der Waals surface area contributed by atoms with Crippen LogP contribution in [-0.2, 0) is 11.3 Å². The lowest BCUT2D eigenvalue weighted by Gasteiger charge is -2.12. The Hall–Kier alpha value is -2.79. The van der Waals surface area contributed by atoms with Crippen molar-refractivity contribution in [3.8, 4) is 0 Å². The highest BCUT2D eigenvalue weighted by atomic mass is 35.5. The van der Waals surface area contributed by atoms with Gasteiger partial charge in [0, 0.05) is 22.5 Å². The van der Waals surface area contributed by atoms with Crippen molar-refractivity contribution >= 4 is 40.1 Å². The molecule has 1 heterocycles. The second-order valence-electron chi connectivity index (χ2n) is 5.87. The number of para-hydroxylation sites is 1. The number of hydrogen-bond donors (Lipinski definition) is 1. The van der Waals surface area contributed by atoms with E-state index in [9.17, 15) is 9.59 Å². The zero-order valence-electron chi connectivity index (χ0n) is 14.8. The predicted octanol–water partition coefficient (Wildman–Crippen LogP) is 4.66. The molecule has 0 bridgehead atoms. The van der Waals surface area contributed by atoms with E-state index >= 15 is 0 Å². The van der Waals surface area contributed by atoms with Crippen LogP contribution < -0.4 is 5.32 Å². The van der Waals surface area contributed by atoms with Crippen LogP contribution in [0.3, 0.4) is 0 Å². The van der Waals surface area contributed by atoms with E-state index in [1.807, 2.05) is 36.6 Å². The average Bonchev–Trinajstić information content (AvgIpc) is 2.93. The summed E-state index contributed by atoms with van der Waals surface area (Å²) in [5.74, 6) is -0.784. The van der Waals surface area contributed by atoms with Gasteiger partial charge in [-0.25, -0.2) is 4.79 Å². The molecule has 0 atom stereocenters. The summed E-state index contributed by atoms with van der Waals surface area (Å²) in [5.41, 5.74) is 3.06. The van der Waals surface area contributed by atoms with Crippen molar-refractivity contribution < 1.29 is 14.3 Å². The number of anilines is 1. The maximum absolute atomic E-state index is 13.0. The summed E-state index contributed by atoms with van der Waals surface area (Å²) in [5, 5.41) is 4.40. The number of aromatic nitrogens is 1. The number of methoxy groups -OCH3 is 1. The topological polar surface area (TPSA) is 60.3 Å². The van der Waals surface area contributed by atoms with Crippen LogP contribution in [0.25, 0.3) is 10.9 Å². The van der Waals surface area contributed by atoms with Gasteiger partial charge in [0.1, 0.15) is 5.69 Å². The van der Waals surface area contributed by atoms with Crippen LogP contribution in [0.1, 0.15) is 33.3 Å². The predicted molar refractivity (Wildman–Crippen MR) is 103 cm³/mol. The number of halogens is 1. The maximum Gasteiger partial charge on any atom is 0.339 e. The van der Waals surface area contributed by atoms with Crippen LogP contribution in [0.15, 0.2) is 42.5 Å². The highest BCUT2D eigenvalue weighted by Crippen LogP contribution is 2.29. The normalized spacial score (nSPS) is 10.8. The molecule has 6 heteroatoms. The largest absolute Gasteiger partial charge is 0.465 e. The van der Waals surface area contributed by atoms with Gasteiger partial charge in [-0.1, -0.05) is 23.7 Å². The van der Waals surface area contributed by atoms with Gasteiger partial charge < -0.3 is 14.6 Å². The van der Waals surface area contributed by atoms with E-state index in [0.29, 0.717) is 28.5 Å².